The molecule has 1 aromatic heterocycles. The van der Waals surface area contributed by atoms with Gasteiger partial charge in [-0.05, 0) is 80.9 Å². The zero-order valence-electron chi connectivity index (χ0n) is 20.2. The maximum absolute atomic E-state index is 5.81. The van der Waals surface area contributed by atoms with Crippen molar-refractivity contribution >= 4 is 22.9 Å². The van der Waals surface area contributed by atoms with Gasteiger partial charge in [-0.25, -0.2) is 0 Å². The molecule has 8 heteroatoms. The van der Waals surface area contributed by atoms with Gasteiger partial charge in [-0.1, -0.05) is 23.4 Å². The first-order valence-electron chi connectivity index (χ1n) is 11.3. The van der Waals surface area contributed by atoms with E-state index >= 15 is 0 Å². The molecule has 178 valence electrons. The summed E-state index contributed by atoms with van der Waals surface area (Å²) in [6, 6.07) is 13.9. The van der Waals surface area contributed by atoms with Crippen molar-refractivity contribution in [3.63, 3.8) is 0 Å². The first-order chi connectivity index (χ1) is 16.4. The van der Waals surface area contributed by atoms with Crippen LogP contribution >= 0.6 is 12.2 Å². The number of allylic oxidation sites excluding steroid dienone is 1. The number of thiocarbonyl (C=S) groups is 1. The molecule has 1 N–H and O–H groups in total. The van der Waals surface area contributed by atoms with E-state index in [0.29, 0.717) is 36.6 Å². The van der Waals surface area contributed by atoms with Gasteiger partial charge in [-0.3, -0.25) is 0 Å². The molecule has 0 radical (unpaired) electrons. The van der Waals surface area contributed by atoms with Crippen LogP contribution in [0.4, 0.5) is 0 Å². The third-order valence-corrected chi connectivity index (χ3v) is 6.40. The Labute approximate surface area is 205 Å². The lowest BCUT2D eigenvalue weighted by molar-refractivity contribution is 0.183. The Hall–Kier alpha value is -3.23. The number of hydrogen-bond donors (Lipinski definition) is 1. The van der Waals surface area contributed by atoms with Gasteiger partial charge in [0.1, 0.15) is 5.75 Å². The minimum Gasteiger partial charge on any atom is -0.494 e. The maximum atomic E-state index is 5.81. The minimum atomic E-state index is -0.209. The molecule has 0 saturated heterocycles. The highest BCUT2D eigenvalue weighted by atomic mass is 32.1. The van der Waals surface area contributed by atoms with Gasteiger partial charge in [0.15, 0.2) is 5.11 Å². The first-order valence-corrected chi connectivity index (χ1v) is 11.8. The van der Waals surface area contributed by atoms with Crippen LogP contribution in [0.25, 0.3) is 17.0 Å². The van der Waals surface area contributed by atoms with Crippen LogP contribution in [0.3, 0.4) is 0 Å². The predicted molar refractivity (Wildman–Crippen MR) is 136 cm³/mol. The molecule has 7 nitrogen and oxygen atoms in total. The van der Waals surface area contributed by atoms with E-state index in [2.05, 4.69) is 42.5 Å². The lowest BCUT2D eigenvalue weighted by Crippen LogP contribution is -2.47. The number of hydrogen-bond acceptors (Lipinski definition) is 6. The quantitative estimate of drug-likeness (QED) is 0.451. The zero-order chi connectivity index (χ0) is 24.2. The second kappa shape index (κ2) is 10.4. The molecule has 4 rings (SSSR count). The molecule has 0 spiro atoms. The molecule has 0 aliphatic carbocycles. The second-order valence-electron chi connectivity index (χ2n) is 8.25. The number of rotatable bonds is 8. The standard InChI is InChI=1S/C26H30N4O3S/c1-6-32-21-11-9-19(10-12-21)24-28-25(33-29-24)22-18(4)30(13-14-31-5)26(34)27-23(22)20-8-7-16(2)17(3)15-20/h7-12,15,23H,6,13-14H2,1-5H3,(H,27,34). The topological polar surface area (TPSA) is 72.7 Å². The van der Waals surface area contributed by atoms with Gasteiger partial charge in [-0.2, -0.15) is 4.98 Å². The molecule has 0 fully saturated rings. The molecule has 34 heavy (non-hydrogen) atoms. The van der Waals surface area contributed by atoms with Crippen molar-refractivity contribution in [2.24, 2.45) is 0 Å². The molecular formula is C26H30N4O3S. The summed E-state index contributed by atoms with van der Waals surface area (Å²) in [5.74, 6) is 1.79. The van der Waals surface area contributed by atoms with Crippen LogP contribution in [-0.2, 0) is 4.74 Å². The summed E-state index contributed by atoms with van der Waals surface area (Å²) in [7, 11) is 1.68. The Morgan fingerprint density at radius 2 is 1.85 bits per heavy atom. The lowest BCUT2D eigenvalue weighted by atomic mass is 9.92. The summed E-state index contributed by atoms with van der Waals surface area (Å²) >= 11 is 5.72. The Morgan fingerprint density at radius 3 is 2.53 bits per heavy atom. The molecule has 0 amide bonds. The van der Waals surface area contributed by atoms with Crippen LogP contribution in [-0.4, -0.2) is 47.0 Å². The number of nitrogens with zero attached hydrogens (tertiary/aromatic N) is 3. The Bertz CT molecular complexity index is 1200. The summed E-state index contributed by atoms with van der Waals surface area (Å²) in [5, 5.41) is 8.41. The fourth-order valence-corrected chi connectivity index (χ4v) is 4.37. The number of benzene rings is 2. The van der Waals surface area contributed by atoms with Crippen molar-refractivity contribution < 1.29 is 14.0 Å². The maximum Gasteiger partial charge on any atom is 0.258 e. The van der Waals surface area contributed by atoms with Gasteiger partial charge >= 0.3 is 0 Å². The van der Waals surface area contributed by atoms with Crippen molar-refractivity contribution in [3.8, 4) is 17.1 Å². The van der Waals surface area contributed by atoms with E-state index in [1.54, 1.807) is 7.11 Å². The fourth-order valence-electron chi connectivity index (χ4n) is 4.02. The minimum absolute atomic E-state index is 0.209. The van der Waals surface area contributed by atoms with E-state index in [-0.39, 0.29) is 6.04 Å². The summed E-state index contributed by atoms with van der Waals surface area (Å²) in [4.78, 5) is 6.79. The third kappa shape index (κ3) is 4.83. The van der Waals surface area contributed by atoms with Crippen molar-refractivity contribution in [3.05, 3.63) is 70.7 Å². The molecule has 2 heterocycles. The number of methoxy groups -OCH3 is 1. The summed E-state index contributed by atoms with van der Waals surface area (Å²) < 4.78 is 16.6. The monoisotopic (exact) mass is 478 g/mol. The Morgan fingerprint density at radius 1 is 1.09 bits per heavy atom. The largest absolute Gasteiger partial charge is 0.494 e. The van der Waals surface area contributed by atoms with E-state index in [9.17, 15) is 0 Å². The number of nitrogens with one attached hydrogen (secondary N) is 1. The lowest BCUT2D eigenvalue weighted by Gasteiger charge is -2.37. The van der Waals surface area contributed by atoms with E-state index in [1.807, 2.05) is 43.0 Å². The SMILES string of the molecule is CCOc1ccc(-c2noc(C3=C(C)N(CCOC)C(=S)NC3c3ccc(C)c(C)c3)n2)cc1. The van der Waals surface area contributed by atoms with Crippen molar-refractivity contribution in [2.75, 3.05) is 26.9 Å². The smallest absolute Gasteiger partial charge is 0.258 e. The molecule has 1 aliphatic rings. The van der Waals surface area contributed by atoms with E-state index in [1.165, 1.54) is 11.1 Å². The van der Waals surface area contributed by atoms with E-state index < -0.39 is 0 Å². The van der Waals surface area contributed by atoms with Gasteiger partial charge in [0.2, 0.25) is 5.82 Å². The van der Waals surface area contributed by atoms with E-state index in [0.717, 1.165) is 28.1 Å². The summed E-state index contributed by atoms with van der Waals surface area (Å²) in [6.07, 6.45) is 0. The van der Waals surface area contributed by atoms with Crippen LogP contribution in [0, 0.1) is 13.8 Å². The average molecular weight is 479 g/mol. The molecular weight excluding hydrogens is 448 g/mol. The highest BCUT2D eigenvalue weighted by molar-refractivity contribution is 7.80. The predicted octanol–water partition coefficient (Wildman–Crippen LogP) is 5.06. The molecule has 3 aromatic rings. The first kappa shape index (κ1) is 23.9. The third-order valence-electron chi connectivity index (χ3n) is 6.06. The molecule has 0 saturated carbocycles. The van der Waals surface area contributed by atoms with Gasteiger partial charge in [0.25, 0.3) is 5.89 Å². The van der Waals surface area contributed by atoms with Crippen LogP contribution in [0.2, 0.25) is 0 Å². The van der Waals surface area contributed by atoms with Gasteiger partial charge in [0.05, 0.1) is 24.8 Å². The highest BCUT2D eigenvalue weighted by Crippen LogP contribution is 2.38. The fraction of sp³-hybridized carbons (Fsp3) is 0.346. The van der Waals surface area contributed by atoms with Gasteiger partial charge in [0, 0.05) is 24.9 Å². The second-order valence-corrected chi connectivity index (χ2v) is 8.64. The van der Waals surface area contributed by atoms with Crippen LogP contribution in [0.1, 0.15) is 42.5 Å². The normalized spacial score (nSPS) is 16.1. The van der Waals surface area contributed by atoms with Crippen molar-refractivity contribution in [1.29, 1.82) is 0 Å². The van der Waals surface area contributed by atoms with Crippen LogP contribution < -0.4 is 10.1 Å². The van der Waals surface area contributed by atoms with Crippen LogP contribution in [0.5, 0.6) is 5.75 Å². The van der Waals surface area contributed by atoms with Crippen LogP contribution in [0.15, 0.2) is 52.7 Å². The molecule has 0 bridgehead atoms. The summed E-state index contributed by atoms with van der Waals surface area (Å²) in [6.45, 7) is 9.99. The summed E-state index contributed by atoms with van der Waals surface area (Å²) in [5.41, 5.74) is 6.26. The number of aromatic nitrogens is 2. The average Bonchev–Trinajstić information content (AvgIpc) is 3.31. The zero-order valence-corrected chi connectivity index (χ0v) is 21.0. The Kier molecular flexibility index (Phi) is 7.29. The van der Waals surface area contributed by atoms with Crippen molar-refractivity contribution in [2.45, 2.75) is 33.7 Å². The molecule has 1 atom stereocenters. The van der Waals surface area contributed by atoms with Gasteiger partial charge < -0.3 is 24.2 Å². The highest BCUT2D eigenvalue weighted by Gasteiger charge is 2.34. The van der Waals surface area contributed by atoms with E-state index in [4.69, 9.17) is 31.2 Å². The van der Waals surface area contributed by atoms with Crippen molar-refractivity contribution in [1.82, 2.24) is 20.4 Å². The Balaban J connectivity index is 1.76. The molecule has 1 aliphatic heterocycles. The number of ether oxygens (including phenoxy) is 2. The molecule has 2 aromatic carbocycles. The molecule has 1 unspecified atom stereocenters. The van der Waals surface area contributed by atoms with Gasteiger partial charge in [-0.15, -0.1) is 0 Å². The number of aryl methyl sites for hydroxylation is 2.